The minimum absolute atomic E-state index is 0.0123. The summed E-state index contributed by atoms with van der Waals surface area (Å²) < 4.78 is 5.67. The van der Waals surface area contributed by atoms with Crippen LogP contribution in [0.1, 0.15) is 23.7 Å². The van der Waals surface area contributed by atoms with Crippen molar-refractivity contribution in [3.63, 3.8) is 0 Å². The minimum Gasteiger partial charge on any atom is -0.506 e. The number of benzene rings is 2. The molecule has 1 heterocycles. The third-order valence-electron chi connectivity index (χ3n) is 3.93. The molecule has 2 N–H and O–H groups in total. The number of phenolic OH excluding ortho intramolecular Hbond substituents is 1. The molecule has 0 fully saturated rings. The van der Waals surface area contributed by atoms with Gasteiger partial charge in [-0.15, -0.1) is 0 Å². The summed E-state index contributed by atoms with van der Waals surface area (Å²) in [5, 5.41) is 23.1. The average molecular weight is 328 g/mol. The number of fused-ring (bicyclic) bond motifs is 1. The first-order valence-corrected chi connectivity index (χ1v) is 7.51. The molecule has 2 aromatic rings. The number of amides is 1. The molecule has 7 nitrogen and oxygen atoms in total. The van der Waals surface area contributed by atoms with Gasteiger partial charge in [0.1, 0.15) is 5.75 Å². The Labute approximate surface area is 138 Å². The molecule has 0 bridgehead atoms. The molecule has 1 unspecified atom stereocenters. The molecular weight excluding hydrogens is 312 g/mol. The first-order chi connectivity index (χ1) is 11.5. The van der Waals surface area contributed by atoms with E-state index >= 15 is 0 Å². The number of ether oxygens (including phenoxy) is 1. The number of nitrogens with zero attached hydrogens (tertiary/aromatic N) is 1. The minimum atomic E-state index is -0.588. The number of phenols is 1. The van der Waals surface area contributed by atoms with Crippen molar-refractivity contribution in [3.8, 4) is 5.75 Å². The van der Waals surface area contributed by atoms with E-state index in [2.05, 4.69) is 5.32 Å². The molecule has 0 aliphatic carbocycles. The molecule has 24 heavy (non-hydrogen) atoms. The van der Waals surface area contributed by atoms with Crippen LogP contribution < -0.4 is 5.32 Å². The van der Waals surface area contributed by atoms with Crippen LogP contribution >= 0.6 is 0 Å². The highest BCUT2D eigenvalue weighted by Gasteiger charge is 2.23. The second-order valence-electron chi connectivity index (χ2n) is 5.52. The SMILES string of the molecule is O=C(CC1OCCc2ccccc21)Nc1cc([N+](=O)[O-])ccc1O. The smallest absolute Gasteiger partial charge is 0.271 e. The van der Waals surface area contributed by atoms with Crippen LogP contribution in [0.5, 0.6) is 5.75 Å². The van der Waals surface area contributed by atoms with E-state index in [-0.39, 0.29) is 35.6 Å². The van der Waals surface area contributed by atoms with Crippen molar-refractivity contribution in [1.29, 1.82) is 0 Å². The molecular formula is C17H16N2O5. The van der Waals surface area contributed by atoms with Crippen LogP contribution in [0.25, 0.3) is 0 Å². The Kier molecular flexibility index (Phi) is 4.43. The standard InChI is InChI=1S/C17H16N2O5/c20-15-6-5-12(19(22)23)9-14(15)18-17(21)10-16-13-4-2-1-3-11(13)7-8-24-16/h1-6,9,16,20H,7-8,10H2,(H,18,21). The zero-order chi connectivity index (χ0) is 17.1. The lowest BCUT2D eigenvalue weighted by Gasteiger charge is -2.25. The van der Waals surface area contributed by atoms with Crippen molar-refractivity contribution >= 4 is 17.3 Å². The number of non-ortho nitro benzene ring substituents is 1. The van der Waals surface area contributed by atoms with E-state index in [1.165, 1.54) is 12.1 Å². The molecule has 7 heteroatoms. The van der Waals surface area contributed by atoms with Crippen molar-refractivity contribution in [2.75, 3.05) is 11.9 Å². The number of aromatic hydroxyl groups is 1. The Bertz CT molecular complexity index is 790. The van der Waals surface area contributed by atoms with Gasteiger partial charge in [-0.05, 0) is 23.6 Å². The molecule has 1 atom stereocenters. The van der Waals surface area contributed by atoms with Gasteiger partial charge in [-0.1, -0.05) is 24.3 Å². The highest BCUT2D eigenvalue weighted by molar-refractivity contribution is 5.93. The van der Waals surface area contributed by atoms with Gasteiger partial charge in [0.15, 0.2) is 0 Å². The molecule has 3 rings (SSSR count). The third kappa shape index (κ3) is 3.36. The van der Waals surface area contributed by atoms with Gasteiger partial charge >= 0.3 is 0 Å². The predicted octanol–water partition coefficient (Wildman–Crippen LogP) is 2.94. The maximum Gasteiger partial charge on any atom is 0.271 e. The van der Waals surface area contributed by atoms with Gasteiger partial charge in [-0.3, -0.25) is 14.9 Å². The zero-order valence-electron chi connectivity index (χ0n) is 12.8. The van der Waals surface area contributed by atoms with E-state index in [1.807, 2.05) is 24.3 Å². The summed E-state index contributed by atoms with van der Waals surface area (Å²) in [7, 11) is 0. The fourth-order valence-corrected chi connectivity index (χ4v) is 2.75. The Morgan fingerprint density at radius 2 is 2.12 bits per heavy atom. The fraction of sp³-hybridized carbons (Fsp3) is 0.235. The van der Waals surface area contributed by atoms with E-state index in [4.69, 9.17) is 4.74 Å². The first kappa shape index (κ1) is 15.9. The van der Waals surface area contributed by atoms with E-state index in [0.717, 1.165) is 23.6 Å². The molecule has 2 aromatic carbocycles. The van der Waals surface area contributed by atoms with E-state index < -0.39 is 4.92 Å². The summed E-state index contributed by atoms with van der Waals surface area (Å²) in [6.07, 6.45) is 0.509. The lowest BCUT2D eigenvalue weighted by molar-refractivity contribution is -0.384. The van der Waals surface area contributed by atoms with Crippen LogP contribution in [0.4, 0.5) is 11.4 Å². The van der Waals surface area contributed by atoms with Gasteiger partial charge in [-0.25, -0.2) is 0 Å². The highest BCUT2D eigenvalue weighted by atomic mass is 16.6. The number of nitrogens with one attached hydrogen (secondary N) is 1. The molecule has 1 aliphatic heterocycles. The first-order valence-electron chi connectivity index (χ1n) is 7.51. The van der Waals surface area contributed by atoms with Crippen molar-refractivity contribution in [2.24, 2.45) is 0 Å². The summed E-state index contributed by atoms with van der Waals surface area (Å²) in [4.78, 5) is 22.5. The third-order valence-corrected chi connectivity index (χ3v) is 3.93. The molecule has 0 aromatic heterocycles. The maximum absolute atomic E-state index is 12.3. The van der Waals surface area contributed by atoms with Gasteiger partial charge in [-0.2, -0.15) is 0 Å². The Morgan fingerprint density at radius 3 is 2.92 bits per heavy atom. The fourth-order valence-electron chi connectivity index (χ4n) is 2.75. The second-order valence-corrected chi connectivity index (χ2v) is 5.52. The number of hydrogen-bond donors (Lipinski definition) is 2. The molecule has 124 valence electrons. The molecule has 0 saturated heterocycles. The van der Waals surface area contributed by atoms with Crippen molar-refractivity contribution in [1.82, 2.24) is 0 Å². The number of nitro groups is 1. The van der Waals surface area contributed by atoms with Gasteiger partial charge in [0.05, 0.1) is 29.7 Å². The summed E-state index contributed by atoms with van der Waals surface area (Å²) in [6.45, 7) is 0.539. The number of carbonyl (C=O) groups is 1. The van der Waals surface area contributed by atoms with Gasteiger partial charge < -0.3 is 15.2 Å². The van der Waals surface area contributed by atoms with Crippen LogP contribution in [-0.4, -0.2) is 22.5 Å². The average Bonchev–Trinajstić information content (AvgIpc) is 2.57. The normalized spacial score (nSPS) is 16.2. The lowest BCUT2D eigenvalue weighted by Crippen LogP contribution is -2.22. The summed E-state index contributed by atoms with van der Waals surface area (Å²) in [6, 6.07) is 11.3. The molecule has 1 amide bonds. The lowest BCUT2D eigenvalue weighted by atomic mass is 9.95. The van der Waals surface area contributed by atoms with E-state index in [0.29, 0.717) is 6.61 Å². The second kappa shape index (κ2) is 6.67. The van der Waals surface area contributed by atoms with Crippen LogP contribution in [0.2, 0.25) is 0 Å². The Hall–Kier alpha value is -2.93. The van der Waals surface area contributed by atoms with E-state index in [9.17, 15) is 20.0 Å². The summed E-state index contributed by atoms with van der Waals surface area (Å²) >= 11 is 0. The molecule has 0 spiro atoms. The number of rotatable bonds is 4. The van der Waals surface area contributed by atoms with Crippen LogP contribution in [0.3, 0.4) is 0 Å². The predicted molar refractivity (Wildman–Crippen MR) is 86.8 cm³/mol. The highest BCUT2D eigenvalue weighted by Crippen LogP contribution is 2.31. The zero-order valence-corrected chi connectivity index (χ0v) is 12.8. The maximum atomic E-state index is 12.3. The number of hydrogen-bond acceptors (Lipinski definition) is 5. The number of nitro benzene ring substituents is 1. The van der Waals surface area contributed by atoms with E-state index in [1.54, 1.807) is 0 Å². The summed E-state index contributed by atoms with van der Waals surface area (Å²) in [5.74, 6) is -0.605. The van der Waals surface area contributed by atoms with Crippen LogP contribution in [0.15, 0.2) is 42.5 Å². The molecule has 0 radical (unpaired) electrons. The van der Waals surface area contributed by atoms with Crippen LogP contribution in [-0.2, 0) is 16.0 Å². The molecule has 1 aliphatic rings. The Balaban J connectivity index is 1.73. The van der Waals surface area contributed by atoms with Gasteiger partial charge in [0, 0.05) is 12.1 Å². The van der Waals surface area contributed by atoms with Crippen molar-refractivity contribution in [2.45, 2.75) is 18.9 Å². The monoisotopic (exact) mass is 328 g/mol. The van der Waals surface area contributed by atoms with Crippen LogP contribution in [0, 0.1) is 10.1 Å². The quantitative estimate of drug-likeness (QED) is 0.510. The summed E-state index contributed by atoms with van der Waals surface area (Å²) in [5.41, 5.74) is 1.93. The van der Waals surface area contributed by atoms with Gasteiger partial charge in [0.25, 0.3) is 5.69 Å². The van der Waals surface area contributed by atoms with Gasteiger partial charge in [0.2, 0.25) is 5.91 Å². The largest absolute Gasteiger partial charge is 0.506 e. The molecule has 0 saturated carbocycles. The number of anilines is 1. The Morgan fingerprint density at radius 1 is 1.33 bits per heavy atom. The van der Waals surface area contributed by atoms with Crippen molar-refractivity contribution < 1.29 is 19.6 Å². The van der Waals surface area contributed by atoms with Crippen molar-refractivity contribution in [3.05, 3.63) is 63.7 Å². The topological polar surface area (TPSA) is 102 Å². The number of carbonyl (C=O) groups excluding carboxylic acids is 1.